The van der Waals surface area contributed by atoms with Gasteiger partial charge >= 0.3 is 0 Å². The smallest absolute Gasteiger partial charge is 0.160 e. The largest absolute Gasteiger partial charge is 0.493 e. The van der Waals surface area contributed by atoms with E-state index in [-0.39, 0.29) is 22.8 Å². The third-order valence-electron chi connectivity index (χ3n) is 3.26. The number of hydrogen-bond donors (Lipinski definition) is 1. The van der Waals surface area contributed by atoms with E-state index in [0.717, 1.165) is 30.0 Å². The molecule has 22 heavy (non-hydrogen) atoms. The Morgan fingerprint density at radius 3 is 2.41 bits per heavy atom. The first-order valence-corrected chi connectivity index (χ1v) is 6.89. The van der Waals surface area contributed by atoms with Gasteiger partial charge in [0.1, 0.15) is 5.82 Å². The fraction of sp³-hybridized carbons (Fsp3) is 0.294. The maximum Gasteiger partial charge on any atom is 0.160 e. The van der Waals surface area contributed by atoms with Crippen LogP contribution in [0.25, 0.3) is 0 Å². The van der Waals surface area contributed by atoms with Crippen LogP contribution in [-0.4, -0.2) is 20.8 Å². The second-order valence-electron chi connectivity index (χ2n) is 4.75. The van der Waals surface area contributed by atoms with E-state index in [1.807, 2.05) is 24.3 Å². The molecule has 0 aliphatic heterocycles. The molecule has 2 rings (SSSR count). The average molecular weight is 370 g/mol. The Balaban J connectivity index is 0.00000242. The molecule has 0 heterocycles. The molecule has 0 bridgehead atoms. The Morgan fingerprint density at radius 1 is 0.955 bits per heavy atom. The molecule has 0 spiro atoms. The Morgan fingerprint density at radius 2 is 1.73 bits per heavy atom. The predicted octanol–water partition coefficient (Wildman–Crippen LogP) is 3.75. The van der Waals surface area contributed by atoms with Gasteiger partial charge in [-0.3, -0.25) is 0 Å². The number of rotatable bonds is 7. The van der Waals surface area contributed by atoms with Gasteiger partial charge in [0, 0.05) is 6.54 Å². The average Bonchev–Trinajstić information content (AvgIpc) is 2.51. The Kier molecular flexibility index (Phi) is 7.91. The second-order valence-corrected chi connectivity index (χ2v) is 4.75. The van der Waals surface area contributed by atoms with Crippen molar-refractivity contribution >= 4 is 17.0 Å². The summed E-state index contributed by atoms with van der Waals surface area (Å²) in [6, 6.07) is 12.5. The van der Waals surface area contributed by atoms with Gasteiger partial charge in [0.15, 0.2) is 11.5 Å². The molecule has 2 aromatic rings. The van der Waals surface area contributed by atoms with E-state index in [2.05, 4.69) is 5.32 Å². The number of ether oxygens (including phenoxy) is 2. The van der Waals surface area contributed by atoms with E-state index in [1.165, 1.54) is 11.6 Å². The molecule has 0 aliphatic rings. The summed E-state index contributed by atoms with van der Waals surface area (Å²) in [5.41, 5.74) is 2.11. The first-order chi connectivity index (χ1) is 10.2. The van der Waals surface area contributed by atoms with Crippen molar-refractivity contribution in [1.82, 2.24) is 5.32 Å². The van der Waals surface area contributed by atoms with Crippen LogP contribution in [0.3, 0.4) is 0 Å². The lowest BCUT2D eigenvalue weighted by Gasteiger charge is -2.10. The first kappa shape index (κ1) is 18.5. The number of nitrogens with one attached hydrogen (secondary N) is 1. The zero-order chi connectivity index (χ0) is 15.1. The van der Waals surface area contributed by atoms with Crippen LogP contribution in [0.2, 0.25) is 0 Å². The van der Waals surface area contributed by atoms with Crippen molar-refractivity contribution in [3.05, 3.63) is 59.4 Å². The lowest BCUT2D eigenvalue weighted by Crippen LogP contribution is -2.16. The number of halogens is 2. The molecular weight excluding hydrogens is 349 g/mol. The van der Waals surface area contributed by atoms with Crippen molar-refractivity contribution in [3.63, 3.8) is 0 Å². The summed E-state index contributed by atoms with van der Waals surface area (Å²) in [6.07, 6.45) is 0.871. The fourth-order valence-electron chi connectivity index (χ4n) is 2.15. The summed E-state index contributed by atoms with van der Waals surface area (Å²) in [6.45, 7) is 1.47. The quantitative estimate of drug-likeness (QED) is 0.753. The number of benzene rings is 2. The molecule has 5 heteroatoms. The van der Waals surface area contributed by atoms with Crippen LogP contribution in [0.1, 0.15) is 11.1 Å². The molecule has 0 unspecified atom stereocenters. The van der Waals surface area contributed by atoms with Gasteiger partial charge in [0.05, 0.1) is 14.2 Å². The van der Waals surface area contributed by atoms with Crippen LogP contribution in [0.15, 0.2) is 42.5 Å². The molecule has 0 saturated carbocycles. The SMILES string of the molecule is Br.COc1ccc(CCNCc2cccc(F)c2)cc1OC. The number of methoxy groups -OCH3 is 2. The van der Waals surface area contributed by atoms with Crippen LogP contribution in [0.4, 0.5) is 4.39 Å². The van der Waals surface area contributed by atoms with Crippen molar-refractivity contribution in [2.75, 3.05) is 20.8 Å². The van der Waals surface area contributed by atoms with Crippen LogP contribution in [0.5, 0.6) is 11.5 Å². The molecule has 3 nitrogen and oxygen atoms in total. The summed E-state index contributed by atoms with van der Waals surface area (Å²) < 4.78 is 23.5. The van der Waals surface area contributed by atoms with Gasteiger partial charge in [0.25, 0.3) is 0 Å². The third kappa shape index (κ3) is 5.31. The molecule has 0 amide bonds. The summed E-state index contributed by atoms with van der Waals surface area (Å²) in [4.78, 5) is 0. The standard InChI is InChI=1S/C17H20FNO2.BrH/c1-20-16-7-6-13(11-17(16)21-2)8-9-19-12-14-4-3-5-15(18)10-14;/h3-7,10-11,19H,8-9,12H2,1-2H3;1H. The zero-order valence-electron chi connectivity index (χ0n) is 12.8. The minimum atomic E-state index is -0.200. The van der Waals surface area contributed by atoms with E-state index in [1.54, 1.807) is 26.4 Å². The van der Waals surface area contributed by atoms with Crippen LogP contribution in [0, 0.1) is 5.82 Å². The van der Waals surface area contributed by atoms with Crippen LogP contribution in [-0.2, 0) is 13.0 Å². The van der Waals surface area contributed by atoms with Gasteiger partial charge in [-0.15, -0.1) is 17.0 Å². The maximum atomic E-state index is 13.0. The van der Waals surface area contributed by atoms with Crippen molar-refractivity contribution in [3.8, 4) is 11.5 Å². The Hall–Kier alpha value is -1.59. The normalized spacial score (nSPS) is 9.95. The summed E-state index contributed by atoms with van der Waals surface area (Å²) >= 11 is 0. The van der Waals surface area contributed by atoms with E-state index >= 15 is 0 Å². The monoisotopic (exact) mass is 369 g/mol. The fourth-order valence-corrected chi connectivity index (χ4v) is 2.15. The molecule has 2 aromatic carbocycles. The van der Waals surface area contributed by atoms with Gasteiger partial charge in [-0.2, -0.15) is 0 Å². The van der Waals surface area contributed by atoms with Crippen molar-refractivity contribution in [2.45, 2.75) is 13.0 Å². The molecule has 0 fully saturated rings. The topological polar surface area (TPSA) is 30.5 Å². The molecule has 0 aromatic heterocycles. The van der Waals surface area contributed by atoms with Gasteiger partial charge in [-0.1, -0.05) is 18.2 Å². The van der Waals surface area contributed by atoms with E-state index in [9.17, 15) is 4.39 Å². The van der Waals surface area contributed by atoms with Crippen LogP contribution < -0.4 is 14.8 Å². The third-order valence-corrected chi connectivity index (χ3v) is 3.26. The van der Waals surface area contributed by atoms with E-state index < -0.39 is 0 Å². The van der Waals surface area contributed by atoms with E-state index in [0.29, 0.717) is 6.54 Å². The van der Waals surface area contributed by atoms with Gasteiger partial charge in [0.2, 0.25) is 0 Å². The first-order valence-electron chi connectivity index (χ1n) is 6.89. The molecule has 0 radical (unpaired) electrons. The van der Waals surface area contributed by atoms with Crippen molar-refractivity contribution < 1.29 is 13.9 Å². The Bertz CT molecular complexity index is 593. The predicted molar refractivity (Wildman–Crippen MR) is 91.7 cm³/mol. The van der Waals surface area contributed by atoms with Gasteiger partial charge < -0.3 is 14.8 Å². The highest BCUT2D eigenvalue weighted by Gasteiger charge is 2.04. The molecule has 1 N–H and O–H groups in total. The molecule has 120 valence electrons. The van der Waals surface area contributed by atoms with E-state index in [4.69, 9.17) is 9.47 Å². The highest BCUT2D eigenvalue weighted by Crippen LogP contribution is 2.27. The highest BCUT2D eigenvalue weighted by atomic mass is 79.9. The lowest BCUT2D eigenvalue weighted by molar-refractivity contribution is 0.354. The molecule has 0 aliphatic carbocycles. The zero-order valence-corrected chi connectivity index (χ0v) is 14.5. The van der Waals surface area contributed by atoms with Crippen LogP contribution >= 0.6 is 17.0 Å². The van der Waals surface area contributed by atoms with Gasteiger partial charge in [-0.05, 0) is 48.4 Å². The summed E-state index contributed by atoms with van der Waals surface area (Å²) in [5, 5.41) is 3.30. The molecule has 0 saturated heterocycles. The Labute approximate surface area is 141 Å². The minimum absolute atomic E-state index is 0. The highest BCUT2D eigenvalue weighted by molar-refractivity contribution is 8.93. The number of hydrogen-bond acceptors (Lipinski definition) is 3. The van der Waals surface area contributed by atoms with Crippen molar-refractivity contribution in [1.29, 1.82) is 0 Å². The van der Waals surface area contributed by atoms with Gasteiger partial charge in [-0.25, -0.2) is 4.39 Å². The minimum Gasteiger partial charge on any atom is -0.493 e. The maximum absolute atomic E-state index is 13.0. The molecule has 0 atom stereocenters. The summed E-state index contributed by atoms with van der Waals surface area (Å²) in [7, 11) is 3.25. The molecular formula is C17H21BrFNO2. The lowest BCUT2D eigenvalue weighted by atomic mass is 10.1. The summed E-state index contributed by atoms with van der Waals surface area (Å²) in [5.74, 6) is 1.27. The second kappa shape index (κ2) is 9.43. The van der Waals surface area contributed by atoms with Crippen molar-refractivity contribution in [2.24, 2.45) is 0 Å².